The summed E-state index contributed by atoms with van der Waals surface area (Å²) in [5, 5.41) is 0. The van der Waals surface area contributed by atoms with E-state index in [2.05, 4.69) is 0 Å². The van der Waals surface area contributed by atoms with Crippen LogP contribution in [0.25, 0.3) is 0 Å². The standard InChI is InChI=1S/C14H13F2NS/c15-11-1-3-13(4-2-11)18-14-8-10(5-6-17)7-12(16)9-14/h1-4,7-9H,5-6,17H2. The fourth-order valence-electron chi connectivity index (χ4n) is 1.63. The molecule has 0 saturated heterocycles. The van der Waals surface area contributed by atoms with Gasteiger partial charge in [0.15, 0.2) is 0 Å². The molecule has 0 aliphatic rings. The summed E-state index contributed by atoms with van der Waals surface area (Å²) in [6.07, 6.45) is 0.648. The molecule has 2 N–H and O–H groups in total. The van der Waals surface area contributed by atoms with E-state index in [4.69, 9.17) is 5.73 Å². The van der Waals surface area contributed by atoms with E-state index in [9.17, 15) is 8.78 Å². The Balaban J connectivity index is 2.20. The quantitative estimate of drug-likeness (QED) is 0.913. The predicted octanol–water partition coefficient (Wildman–Crippen LogP) is 3.62. The van der Waals surface area contributed by atoms with E-state index in [-0.39, 0.29) is 11.6 Å². The molecule has 0 radical (unpaired) electrons. The number of hydrogen-bond donors (Lipinski definition) is 1. The van der Waals surface area contributed by atoms with Crippen molar-refractivity contribution < 1.29 is 8.78 Å². The Morgan fingerprint density at radius 1 is 0.889 bits per heavy atom. The zero-order valence-corrected chi connectivity index (χ0v) is 10.5. The molecule has 2 aromatic carbocycles. The van der Waals surface area contributed by atoms with E-state index in [1.807, 2.05) is 6.07 Å². The van der Waals surface area contributed by atoms with Gasteiger partial charge in [-0.05, 0) is 61.0 Å². The van der Waals surface area contributed by atoms with Crippen molar-refractivity contribution in [3.8, 4) is 0 Å². The third-order valence-corrected chi connectivity index (χ3v) is 3.39. The summed E-state index contributed by atoms with van der Waals surface area (Å²) in [4.78, 5) is 1.67. The molecule has 0 amide bonds. The van der Waals surface area contributed by atoms with Crippen molar-refractivity contribution >= 4 is 11.8 Å². The van der Waals surface area contributed by atoms with Crippen LogP contribution in [0.1, 0.15) is 5.56 Å². The van der Waals surface area contributed by atoms with E-state index < -0.39 is 0 Å². The molecule has 18 heavy (non-hydrogen) atoms. The average Bonchev–Trinajstić information content (AvgIpc) is 2.32. The van der Waals surface area contributed by atoms with Gasteiger partial charge in [-0.3, -0.25) is 0 Å². The molecule has 0 spiro atoms. The van der Waals surface area contributed by atoms with Gasteiger partial charge in [-0.25, -0.2) is 8.78 Å². The summed E-state index contributed by atoms with van der Waals surface area (Å²) >= 11 is 1.40. The number of halogens is 2. The summed E-state index contributed by atoms with van der Waals surface area (Å²) in [6, 6.07) is 11.0. The lowest BCUT2D eigenvalue weighted by Crippen LogP contribution is -2.02. The minimum Gasteiger partial charge on any atom is -0.330 e. The van der Waals surface area contributed by atoms with Crippen molar-refractivity contribution in [2.45, 2.75) is 16.2 Å². The number of rotatable bonds is 4. The molecule has 4 heteroatoms. The Morgan fingerprint density at radius 2 is 1.61 bits per heavy atom. The highest BCUT2D eigenvalue weighted by Crippen LogP contribution is 2.29. The first-order chi connectivity index (χ1) is 8.67. The largest absolute Gasteiger partial charge is 0.330 e. The third kappa shape index (κ3) is 3.55. The van der Waals surface area contributed by atoms with E-state index in [0.717, 1.165) is 15.4 Å². The third-order valence-electron chi connectivity index (χ3n) is 2.41. The van der Waals surface area contributed by atoms with Gasteiger partial charge in [0.05, 0.1) is 0 Å². The summed E-state index contributed by atoms with van der Waals surface area (Å²) in [5.41, 5.74) is 6.34. The van der Waals surface area contributed by atoms with Crippen LogP contribution in [0.4, 0.5) is 8.78 Å². The van der Waals surface area contributed by atoms with Crippen molar-refractivity contribution in [2.24, 2.45) is 5.73 Å². The smallest absolute Gasteiger partial charge is 0.124 e. The van der Waals surface area contributed by atoms with Gasteiger partial charge in [0.25, 0.3) is 0 Å². The minimum atomic E-state index is -0.276. The van der Waals surface area contributed by atoms with Crippen LogP contribution in [0.5, 0.6) is 0 Å². The molecule has 94 valence electrons. The molecule has 0 bridgehead atoms. The molecular weight excluding hydrogens is 252 g/mol. The van der Waals surface area contributed by atoms with Gasteiger partial charge in [0, 0.05) is 9.79 Å². The lowest BCUT2D eigenvalue weighted by atomic mass is 10.1. The number of nitrogens with two attached hydrogens (primary N) is 1. The highest BCUT2D eigenvalue weighted by molar-refractivity contribution is 7.99. The van der Waals surface area contributed by atoms with E-state index in [1.54, 1.807) is 12.1 Å². The second-order valence-corrected chi connectivity index (χ2v) is 5.04. The summed E-state index contributed by atoms with van der Waals surface area (Å²) < 4.78 is 26.2. The van der Waals surface area contributed by atoms with E-state index >= 15 is 0 Å². The van der Waals surface area contributed by atoms with Crippen LogP contribution in [0.15, 0.2) is 52.3 Å². The number of hydrogen-bond acceptors (Lipinski definition) is 2. The molecule has 0 aliphatic carbocycles. The maximum Gasteiger partial charge on any atom is 0.124 e. The predicted molar refractivity (Wildman–Crippen MR) is 69.7 cm³/mol. The highest BCUT2D eigenvalue weighted by Gasteiger charge is 2.03. The minimum absolute atomic E-state index is 0.273. The Labute approximate surface area is 109 Å². The lowest BCUT2D eigenvalue weighted by Gasteiger charge is -2.05. The van der Waals surface area contributed by atoms with E-state index in [0.29, 0.717) is 13.0 Å². The average molecular weight is 265 g/mol. The summed E-state index contributed by atoms with van der Waals surface area (Å²) in [6.45, 7) is 0.490. The monoisotopic (exact) mass is 265 g/mol. The van der Waals surface area contributed by atoms with Gasteiger partial charge in [-0.2, -0.15) is 0 Å². The van der Waals surface area contributed by atoms with Crippen LogP contribution in [0, 0.1) is 11.6 Å². The fraction of sp³-hybridized carbons (Fsp3) is 0.143. The van der Waals surface area contributed by atoms with Gasteiger partial charge < -0.3 is 5.73 Å². The fourth-order valence-corrected chi connectivity index (χ4v) is 2.56. The van der Waals surface area contributed by atoms with Gasteiger partial charge in [-0.15, -0.1) is 0 Å². The van der Waals surface area contributed by atoms with Crippen LogP contribution in [-0.2, 0) is 6.42 Å². The lowest BCUT2D eigenvalue weighted by molar-refractivity contribution is 0.621. The summed E-state index contributed by atoms with van der Waals surface area (Å²) in [7, 11) is 0. The van der Waals surface area contributed by atoms with Crippen LogP contribution in [-0.4, -0.2) is 6.54 Å². The van der Waals surface area contributed by atoms with Gasteiger partial charge in [-0.1, -0.05) is 11.8 Å². The Hall–Kier alpha value is -1.39. The van der Waals surface area contributed by atoms with Crippen molar-refractivity contribution in [3.63, 3.8) is 0 Å². The molecule has 0 atom stereocenters. The molecule has 0 unspecified atom stereocenters. The zero-order valence-electron chi connectivity index (χ0n) is 9.70. The Bertz CT molecular complexity index is 526. The maximum atomic E-state index is 13.4. The Kier molecular flexibility index (Phi) is 4.33. The molecular formula is C14H13F2NS. The van der Waals surface area contributed by atoms with Crippen LogP contribution in [0.3, 0.4) is 0 Å². The Morgan fingerprint density at radius 3 is 2.28 bits per heavy atom. The van der Waals surface area contributed by atoms with Gasteiger partial charge >= 0.3 is 0 Å². The van der Waals surface area contributed by atoms with Crippen molar-refractivity contribution in [2.75, 3.05) is 6.54 Å². The SMILES string of the molecule is NCCc1cc(F)cc(Sc2ccc(F)cc2)c1. The first kappa shape index (κ1) is 13.1. The van der Waals surface area contributed by atoms with Crippen LogP contribution in [0.2, 0.25) is 0 Å². The molecule has 2 rings (SSSR count). The summed E-state index contributed by atoms with van der Waals surface area (Å²) in [5.74, 6) is -0.548. The van der Waals surface area contributed by atoms with E-state index in [1.165, 1.54) is 36.0 Å². The van der Waals surface area contributed by atoms with Crippen molar-refractivity contribution in [1.82, 2.24) is 0 Å². The molecule has 2 aromatic rings. The topological polar surface area (TPSA) is 26.0 Å². The second kappa shape index (κ2) is 5.98. The molecule has 1 nitrogen and oxygen atoms in total. The normalized spacial score (nSPS) is 10.6. The molecule has 0 heterocycles. The molecule has 0 saturated carbocycles. The first-order valence-corrected chi connectivity index (χ1v) is 6.42. The second-order valence-electron chi connectivity index (χ2n) is 3.89. The highest BCUT2D eigenvalue weighted by atomic mass is 32.2. The van der Waals surface area contributed by atoms with Crippen molar-refractivity contribution in [1.29, 1.82) is 0 Å². The molecule has 0 aromatic heterocycles. The number of benzene rings is 2. The van der Waals surface area contributed by atoms with Crippen LogP contribution >= 0.6 is 11.8 Å². The van der Waals surface area contributed by atoms with Gasteiger partial charge in [0.2, 0.25) is 0 Å². The zero-order chi connectivity index (χ0) is 13.0. The van der Waals surface area contributed by atoms with Crippen molar-refractivity contribution in [3.05, 3.63) is 59.7 Å². The molecule has 0 fully saturated rings. The van der Waals surface area contributed by atoms with Gasteiger partial charge in [0.1, 0.15) is 11.6 Å². The van der Waals surface area contributed by atoms with Crippen LogP contribution < -0.4 is 5.73 Å². The maximum absolute atomic E-state index is 13.4. The first-order valence-electron chi connectivity index (χ1n) is 5.60. The molecule has 0 aliphatic heterocycles.